The molecule has 5 heteroatoms. The first-order valence-corrected chi connectivity index (χ1v) is 8.43. The molecule has 0 bridgehead atoms. The summed E-state index contributed by atoms with van der Waals surface area (Å²) < 4.78 is 5.54. The van der Waals surface area contributed by atoms with Crippen LogP contribution in [0.4, 0.5) is 0 Å². The minimum atomic E-state index is -0.00659. The summed E-state index contributed by atoms with van der Waals surface area (Å²) in [5.74, 6) is 0.849. The number of amides is 1. The quantitative estimate of drug-likeness (QED) is 0.793. The Hall–Kier alpha value is -1.88. The molecule has 1 aliphatic heterocycles. The second kappa shape index (κ2) is 6.48. The van der Waals surface area contributed by atoms with Crippen LogP contribution in [-0.2, 0) is 0 Å². The monoisotopic (exact) mass is 317 g/mol. The van der Waals surface area contributed by atoms with Gasteiger partial charge in [0, 0.05) is 6.54 Å². The number of Topliss-reactive ketones (excluding diaryl/α,β-unsaturated/α-hetero) is 1. The number of likely N-dealkylation sites (tertiary alicyclic amines) is 1. The summed E-state index contributed by atoms with van der Waals surface area (Å²) in [4.78, 5) is 27.5. The fraction of sp³-hybridized carbons (Fsp3) is 0.412. The summed E-state index contributed by atoms with van der Waals surface area (Å²) in [7, 11) is 0. The van der Waals surface area contributed by atoms with E-state index in [2.05, 4.69) is 0 Å². The van der Waals surface area contributed by atoms with Gasteiger partial charge < -0.3 is 9.32 Å². The molecular formula is C17H19NO3S. The van der Waals surface area contributed by atoms with Crippen LogP contribution < -0.4 is 0 Å². The summed E-state index contributed by atoms with van der Waals surface area (Å²) in [5.41, 5.74) is 0. The van der Waals surface area contributed by atoms with E-state index in [-0.39, 0.29) is 17.7 Å². The number of carbonyl (C=O) groups is 2. The minimum Gasteiger partial charge on any atom is -0.467 e. The van der Waals surface area contributed by atoms with E-state index in [1.165, 1.54) is 18.3 Å². The van der Waals surface area contributed by atoms with Crippen molar-refractivity contribution in [2.45, 2.75) is 38.6 Å². The van der Waals surface area contributed by atoms with E-state index < -0.39 is 0 Å². The first-order valence-electron chi connectivity index (χ1n) is 7.62. The molecule has 22 heavy (non-hydrogen) atoms. The van der Waals surface area contributed by atoms with Gasteiger partial charge in [0.25, 0.3) is 5.91 Å². The van der Waals surface area contributed by atoms with E-state index in [9.17, 15) is 9.59 Å². The largest absolute Gasteiger partial charge is 0.467 e. The Labute approximate surface area is 133 Å². The second-order valence-corrected chi connectivity index (χ2v) is 6.68. The van der Waals surface area contributed by atoms with Crippen molar-refractivity contribution in [2.75, 3.05) is 6.54 Å². The van der Waals surface area contributed by atoms with Crippen LogP contribution in [0, 0.1) is 0 Å². The minimum absolute atomic E-state index is 0.000741. The number of thiophene rings is 1. The molecular weight excluding hydrogens is 298 g/mol. The molecule has 4 nitrogen and oxygen atoms in total. The predicted octanol–water partition coefficient (Wildman–Crippen LogP) is 4.30. The lowest BCUT2D eigenvalue weighted by Crippen LogP contribution is -2.34. The molecule has 0 radical (unpaired) electrons. The third-order valence-electron chi connectivity index (χ3n) is 4.05. The topological polar surface area (TPSA) is 50.5 Å². The number of carbonyl (C=O) groups excluding carboxylic acids is 2. The normalized spacial score (nSPS) is 19.0. The third-order valence-corrected chi connectivity index (χ3v) is 5.22. The lowest BCUT2D eigenvalue weighted by Gasteiger charge is -2.28. The Morgan fingerprint density at radius 1 is 1.18 bits per heavy atom. The van der Waals surface area contributed by atoms with E-state index >= 15 is 0 Å². The Kier molecular flexibility index (Phi) is 4.43. The molecule has 3 heterocycles. The van der Waals surface area contributed by atoms with Gasteiger partial charge >= 0.3 is 0 Å². The summed E-state index contributed by atoms with van der Waals surface area (Å²) >= 11 is 1.28. The standard InChI is InChI=1S/C17H19NO3S/c1-12(19)15-8-9-16(22-15)17(20)18-10-4-2-3-6-13(18)14-7-5-11-21-14/h5,7-9,11,13H,2-4,6,10H2,1H3/t13-/m0/s1. The van der Waals surface area contributed by atoms with Crippen LogP contribution >= 0.6 is 11.3 Å². The van der Waals surface area contributed by atoms with Crippen molar-refractivity contribution in [2.24, 2.45) is 0 Å². The van der Waals surface area contributed by atoms with E-state index in [1.54, 1.807) is 18.4 Å². The molecule has 1 amide bonds. The highest BCUT2D eigenvalue weighted by Gasteiger charge is 2.30. The van der Waals surface area contributed by atoms with Gasteiger partial charge in [0.05, 0.1) is 22.1 Å². The number of rotatable bonds is 3. The average Bonchev–Trinajstić information content (AvgIpc) is 3.14. The first kappa shape index (κ1) is 15.0. The van der Waals surface area contributed by atoms with E-state index in [4.69, 9.17) is 4.42 Å². The van der Waals surface area contributed by atoms with Gasteiger partial charge in [-0.1, -0.05) is 12.8 Å². The van der Waals surface area contributed by atoms with Crippen LogP contribution in [0.15, 0.2) is 34.9 Å². The maximum atomic E-state index is 12.9. The van der Waals surface area contributed by atoms with Gasteiger partial charge in [-0.3, -0.25) is 9.59 Å². The maximum absolute atomic E-state index is 12.9. The maximum Gasteiger partial charge on any atom is 0.264 e. The molecule has 0 saturated carbocycles. The Balaban J connectivity index is 1.88. The molecule has 0 spiro atoms. The van der Waals surface area contributed by atoms with Gasteiger partial charge in [0.15, 0.2) is 5.78 Å². The Morgan fingerprint density at radius 3 is 2.68 bits per heavy atom. The Bertz CT molecular complexity index is 659. The van der Waals surface area contributed by atoms with Crippen LogP contribution in [0.3, 0.4) is 0 Å². The summed E-state index contributed by atoms with van der Waals surface area (Å²) in [6.45, 7) is 2.26. The van der Waals surface area contributed by atoms with Crippen LogP contribution in [0.5, 0.6) is 0 Å². The molecule has 0 aromatic carbocycles. The zero-order valence-electron chi connectivity index (χ0n) is 12.6. The van der Waals surface area contributed by atoms with Crippen molar-refractivity contribution >= 4 is 23.0 Å². The fourth-order valence-electron chi connectivity index (χ4n) is 2.91. The van der Waals surface area contributed by atoms with Crippen molar-refractivity contribution in [1.29, 1.82) is 0 Å². The van der Waals surface area contributed by atoms with Crippen LogP contribution in [0.1, 0.15) is 63.8 Å². The van der Waals surface area contributed by atoms with E-state index in [1.807, 2.05) is 17.0 Å². The molecule has 0 N–H and O–H groups in total. The number of ketones is 1. The summed E-state index contributed by atoms with van der Waals surface area (Å²) in [6, 6.07) is 7.29. The van der Waals surface area contributed by atoms with Gasteiger partial charge in [-0.05, 0) is 44.0 Å². The molecule has 1 atom stereocenters. The molecule has 1 saturated heterocycles. The summed E-state index contributed by atoms with van der Waals surface area (Å²) in [6.07, 6.45) is 5.81. The molecule has 3 rings (SSSR count). The molecule has 2 aromatic rings. The smallest absolute Gasteiger partial charge is 0.264 e. The highest BCUT2D eigenvalue weighted by molar-refractivity contribution is 7.15. The van der Waals surface area contributed by atoms with Gasteiger partial charge in [-0.25, -0.2) is 0 Å². The van der Waals surface area contributed by atoms with Crippen molar-refractivity contribution in [3.63, 3.8) is 0 Å². The molecule has 116 valence electrons. The van der Waals surface area contributed by atoms with Crippen LogP contribution in [0.2, 0.25) is 0 Å². The highest BCUT2D eigenvalue weighted by Crippen LogP contribution is 2.32. The van der Waals surface area contributed by atoms with Crippen molar-refractivity contribution in [3.8, 4) is 0 Å². The number of hydrogen-bond acceptors (Lipinski definition) is 4. The van der Waals surface area contributed by atoms with E-state index in [0.29, 0.717) is 9.75 Å². The number of furan rings is 1. The number of nitrogens with zero attached hydrogens (tertiary/aromatic N) is 1. The van der Waals surface area contributed by atoms with E-state index in [0.717, 1.165) is 38.0 Å². The zero-order valence-corrected chi connectivity index (χ0v) is 13.4. The average molecular weight is 317 g/mol. The fourth-order valence-corrected chi connectivity index (χ4v) is 3.77. The number of hydrogen-bond donors (Lipinski definition) is 0. The highest BCUT2D eigenvalue weighted by atomic mass is 32.1. The lowest BCUT2D eigenvalue weighted by atomic mass is 10.1. The van der Waals surface area contributed by atoms with Crippen LogP contribution in [-0.4, -0.2) is 23.1 Å². The van der Waals surface area contributed by atoms with Crippen molar-refractivity contribution in [3.05, 3.63) is 46.0 Å². The van der Waals surface area contributed by atoms with Crippen LogP contribution in [0.25, 0.3) is 0 Å². The van der Waals surface area contributed by atoms with Crippen molar-refractivity contribution < 1.29 is 14.0 Å². The Morgan fingerprint density at radius 2 is 2.00 bits per heavy atom. The lowest BCUT2D eigenvalue weighted by molar-refractivity contribution is 0.0663. The molecule has 0 unspecified atom stereocenters. The molecule has 2 aromatic heterocycles. The molecule has 1 aliphatic rings. The van der Waals surface area contributed by atoms with Gasteiger partial charge in [0.1, 0.15) is 5.76 Å². The van der Waals surface area contributed by atoms with Gasteiger partial charge in [-0.15, -0.1) is 11.3 Å². The first-order chi connectivity index (χ1) is 10.7. The predicted molar refractivity (Wildman–Crippen MR) is 85.3 cm³/mol. The second-order valence-electron chi connectivity index (χ2n) is 5.60. The van der Waals surface area contributed by atoms with Gasteiger partial charge in [0.2, 0.25) is 0 Å². The SMILES string of the molecule is CC(=O)c1ccc(C(=O)N2CCCCC[C@H]2c2ccco2)s1. The van der Waals surface area contributed by atoms with Crippen molar-refractivity contribution in [1.82, 2.24) is 4.90 Å². The zero-order chi connectivity index (χ0) is 15.5. The third kappa shape index (κ3) is 2.99. The molecule has 1 fully saturated rings. The summed E-state index contributed by atoms with van der Waals surface area (Å²) in [5, 5.41) is 0. The van der Waals surface area contributed by atoms with Gasteiger partial charge in [-0.2, -0.15) is 0 Å². The molecule has 0 aliphatic carbocycles.